The van der Waals surface area contributed by atoms with Gasteiger partial charge in [-0.3, -0.25) is 4.79 Å². The van der Waals surface area contributed by atoms with Crippen LogP contribution in [0.3, 0.4) is 0 Å². The van der Waals surface area contributed by atoms with Crippen LogP contribution in [-0.2, 0) is 4.79 Å². The molecular formula is C26H36FIO. The number of hydrogen-bond acceptors (Lipinski definition) is 1. The molecule has 29 heavy (non-hydrogen) atoms. The summed E-state index contributed by atoms with van der Waals surface area (Å²) in [4.78, 5) is 12.1. The van der Waals surface area contributed by atoms with E-state index in [1.165, 1.54) is 49.3 Å². The molecule has 4 fully saturated rings. The first-order valence-corrected chi connectivity index (χ1v) is 12.7. The van der Waals surface area contributed by atoms with Gasteiger partial charge >= 0.3 is 0 Å². The van der Waals surface area contributed by atoms with Crippen LogP contribution in [0.25, 0.3) is 0 Å². The predicted octanol–water partition coefficient (Wildman–Crippen LogP) is 7.78. The molecule has 4 aliphatic carbocycles. The zero-order valence-electron chi connectivity index (χ0n) is 18.1. The number of hydrogen-bond donors (Lipinski definition) is 0. The zero-order chi connectivity index (χ0) is 21.2. The van der Waals surface area contributed by atoms with Crippen molar-refractivity contribution < 1.29 is 9.18 Å². The molecule has 160 valence electrons. The van der Waals surface area contributed by atoms with Crippen LogP contribution in [-0.4, -0.2) is 10.2 Å². The molecular weight excluding hydrogens is 474 g/mol. The number of alkyl halides is 1. The summed E-state index contributed by atoms with van der Waals surface area (Å²) in [6.07, 6.45) is 15.0. The standard InChI is InChI=1S/C26H36FIO/c1-5-23(7-6-18(3)27)26(16-17(2)10-22(8-9-28)19(4)29)24-12-20-11-21(14-24)15-25(26)13-20/h5-7,20-22,24-25H,2-3,8-16H2,1,4H3/b7-6-,23-5+. The van der Waals surface area contributed by atoms with E-state index in [1.54, 1.807) is 6.92 Å². The lowest BCUT2D eigenvalue weighted by atomic mass is 9.42. The molecule has 0 aliphatic heterocycles. The van der Waals surface area contributed by atoms with Crippen LogP contribution in [0.5, 0.6) is 0 Å². The Labute approximate surface area is 190 Å². The fourth-order valence-electron chi connectivity index (χ4n) is 7.00. The van der Waals surface area contributed by atoms with E-state index in [2.05, 4.69) is 48.7 Å². The molecule has 3 heteroatoms. The molecule has 0 heterocycles. The van der Waals surface area contributed by atoms with Gasteiger partial charge in [-0.2, -0.15) is 0 Å². The Morgan fingerprint density at radius 1 is 1.14 bits per heavy atom. The van der Waals surface area contributed by atoms with Crippen molar-refractivity contribution in [3.05, 3.63) is 48.4 Å². The maximum absolute atomic E-state index is 13.5. The van der Waals surface area contributed by atoms with Crippen LogP contribution in [0.15, 0.2) is 48.4 Å². The first-order valence-electron chi connectivity index (χ1n) is 11.2. The van der Waals surface area contributed by atoms with Gasteiger partial charge in [0.15, 0.2) is 0 Å². The Balaban J connectivity index is 1.91. The summed E-state index contributed by atoms with van der Waals surface area (Å²) in [5.74, 6) is 3.03. The fraction of sp³-hybridized carbons (Fsp3) is 0.654. The summed E-state index contributed by atoms with van der Waals surface area (Å²) < 4.78 is 14.5. The maximum atomic E-state index is 13.5. The number of ketones is 1. The number of rotatable bonds is 10. The van der Waals surface area contributed by atoms with Gasteiger partial charge in [0.1, 0.15) is 11.6 Å². The van der Waals surface area contributed by atoms with Gasteiger partial charge in [-0.25, -0.2) is 4.39 Å². The highest BCUT2D eigenvalue weighted by atomic mass is 127. The van der Waals surface area contributed by atoms with Crippen molar-refractivity contribution in [2.75, 3.05) is 4.43 Å². The van der Waals surface area contributed by atoms with E-state index in [4.69, 9.17) is 0 Å². The van der Waals surface area contributed by atoms with Gasteiger partial charge in [-0.15, -0.1) is 0 Å². The lowest BCUT2D eigenvalue weighted by Gasteiger charge is -2.62. The smallest absolute Gasteiger partial charge is 0.133 e. The normalized spacial score (nSPS) is 34.6. The summed E-state index contributed by atoms with van der Waals surface area (Å²) in [6.45, 7) is 11.7. The molecule has 1 nitrogen and oxygen atoms in total. The topological polar surface area (TPSA) is 17.1 Å². The molecule has 0 N–H and O–H groups in total. The minimum atomic E-state index is -0.388. The summed E-state index contributed by atoms with van der Waals surface area (Å²) in [7, 11) is 0. The molecule has 4 saturated carbocycles. The third-order valence-corrected chi connectivity index (χ3v) is 8.62. The van der Waals surface area contributed by atoms with Crippen molar-refractivity contribution in [3.63, 3.8) is 0 Å². The summed E-state index contributed by atoms with van der Waals surface area (Å²) in [5.41, 5.74) is 2.52. The molecule has 0 spiro atoms. The monoisotopic (exact) mass is 510 g/mol. The van der Waals surface area contributed by atoms with Gasteiger partial charge in [0.25, 0.3) is 0 Å². The van der Waals surface area contributed by atoms with Crippen molar-refractivity contribution in [1.29, 1.82) is 0 Å². The lowest BCUT2D eigenvalue weighted by molar-refractivity contribution is -0.120. The number of halogens is 2. The van der Waals surface area contributed by atoms with Crippen LogP contribution in [0.4, 0.5) is 4.39 Å². The molecule has 4 aliphatic rings. The second-order valence-corrected chi connectivity index (χ2v) is 10.9. The first kappa shape index (κ1) is 23.0. The van der Waals surface area contributed by atoms with Crippen molar-refractivity contribution in [1.82, 2.24) is 0 Å². The second-order valence-electron chi connectivity index (χ2n) is 9.79. The quantitative estimate of drug-likeness (QED) is 0.127. The van der Waals surface area contributed by atoms with Gasteiger partial charge in [-0.1, -0.05) is 53.5 Å². The highest BCUT2D eigenvalue weighted by Crippen LogP contribution is 2.67. The Bertz CT molecular complexity index is 688. The lowest BCUT2D eigenvalue weighted by Crippen LogP contribution is -2.53. The minimum Gasteiger partial charge on any atom is -0.300 e. The molecule has 4 rings (SSSR count). The Morgan fingerprint density at radius 3 is 2.17 bits per heavy atom. The number of carbonyl (C=O) groups is 1. The van der Waals surface area contributed by atoms with Crippen LogP contribution < -0.4 is 0 Å². The van der Waals surface area contributed by atoms with Crippen molar-refractivity contribution in [3.8, 4) is 0 Å². The first-order chi connectivity index (χ1) is 13.8. The second kappa shape index (κ2) is 9.62. The molecule has 4 bridgehead atoms. The molecule has 0 saturated heterocycles. The number of Topliss-reactive ketones (excluding diaryl/α,β-unsaturated/α-hetero) is 1. The summed E-state index contributed by atoms with van der Waals surface area (Å²) in [5, 5.41) is 0. The molecule has 0 radical (unpaired) electrons. The van der Waals surface area contributed by atoms with E-state index >= 15 is 0 Å². The highest BCUT2D eigenvalue weighted by molar-refractivity contribution is 14.1. The van der Waals surface area contributed by atoms with Crippen molar-refractivity contribution in [2.24, 2.45) is 35.0 Å². The molecule has 0 aromatic carbocycles. The van der Waals surface area contributed by atoms with Crippen LogP contribution in [0.1, 0.15) is 65.2 Å². The number of carbonyl (C=O) groups excluding carboxylic acids is 1. The average molecular weight is 510 g/mol. The Kier molecular flexibility index (Phi) is 7.61. The molecule has 0 aromatic rings. The third-order valence-electron chi connectivity index (χ3n) is 8.00. The van der Waals surface area contributed by atoms with Crippen LogP contribution in [0.2, 0.25) is 0 Å². The molecule has 0 amide bonds. The molecule has 1 unspecified atom stereocenters. The largest absolute Gasteiger partial charge is 0.300 e. The minimum absolute atomic E-state index is 0.0524. The summed E-state index contributed by atoms with van der Waals surface area (Å²) >= 11 is 2.36. The zero-order valence-corrected chi connectivity index (χ0v) is 20.2. The van der Waals surface area contributed by atoms with Gasteiger partial charge in [-0.05, 0) is 101 Å². The van der Waals surface area contributed by atoms with Gasteiger partial charge in [0.2, 0.25) is 0 Å². The molecule has 0 aromatic heterocycles. The molecule has 1 atom stereocenters. The fourth-order valence-corrected chi connectivity index (χ4v) is 7.75. The van der Waals surface area contributed by atoms with E-state index < -0.39 is 0 Å². The van der Waals surface area contributed by atoms with Gasteiger partial charge < -0.3 is 0 Å². The van der Waals surface area contributed by atoms with Crippen LogP contribution in [0, 0.1) is 35.0 Å². The third kappa shape index (κ3) is 4.80. The predicted molar refractivity (Wildman–Crippen MR) is 129 cm³/mol. The Morgan fingerprint density at radius 2 is 1.72 bits per heavy atom. The summed E-state index contributed by atoms with van der Waals surface area (Å²) in [6, 6.07) is 0. The van der Waals surface area contributed by atoms with E-state index in [0.717, 1.165) is 35.5 Å². The van der Waals surface area contributed by atoms with E-state index in [-0.39, 0.29) is 22.9 Å². The van der Waals surface area contributed by atoms with E-state index in [9.17, 15) is 9.18 Å². The number of allylic oxidation sites excluding steroid dienone is 6. The van der Waals surface area contributed by atoms with Gasteiger partial charge in [0.05, 0.1) is 0 Å². The van der Waals surface area contributed by atoms with E-state index in [1.807, 2.05) is 6.08 Å². The van der Waals surface area contributed by atoms with Crippen LogP contribution >= 0.6 is 22.6 Å². The Hall–Kier alpha value is -0.710. The van der Waals surface area contributed by atoms with E-state index in [0.29, 0.717) is 11.8 Å². The van der Waals surface area contributed by atoms with Crippen molar-refractivity contribution >= 4 is 28.4 Å². The maximum Gasteiger partial charge on any atom is 0.133 e. The van der Waals surface area contributed by atoms with Crippen molar-refractivity contribution in [2.45, 2.75) is 65.2 Å². The highest BCUT2D eigenvalue weighted by Gasteiger charge is 2.57. The average Bonchev–Trinajstić information content (AvgIpc) is 2.64. The SMILES string of the molecule is C=C(F)/C=C\C(=C/C)C1(CC(=C)CC(CCI)C(C)=O)C2CC3CC(C2)CC1C3. The van der Waals surface area contributed by atoms with Gasteiger partial charge in [0, 0.05) is 15.8 Å².